The maximum absolute atomic E-state index is 12.4. The Morgan fingerprint density at radius 3 is 2.76 bits per heavy atom. The molecule has 1 aliphatic rings. The van der Waals surface area contributed by atoms with E-state index in [0.717, 1.165) is 6.42 Å². The number of aromatic nitrogens is 1. The van der Waals surface area contributed by atoms with Gasteiger partial charge in [-0.1, -0.05) is 31.6 Å². The van der Waals surface area contributed by atoms with E-state index in [1.807, 2.05) is 13.8 Å². The number of hydrogen-bond donors (Lipinski definition) is 3. The minimum Gasteiger partial charge on any atom is -0.382 e. The molecule has 1 saturated carbocycles. The summed E-state index contributed by atoms with van der Waals surface area (Å²) in [7, 11) is 0. The van der Waals surface area contributed by atoms with E-state index in [-0.39, 0.29) is 18.0 Å². The summed E-state index contributed by atoms with van der Waals surface area (Å²) >= 11 is 1.33. The molecule has 3 atom stereocenters. The van der Waals surface area contributed by atoms with E-state index in [0.29, 0.717) is 27.7 Å². The summed E-state index contributed by atoms with van der Waals surface area (Å²) in [4.78, 5) is 17.2. The van der Waals surface area contributed by atoms with Gasteiger partial charge in [0.2, 0.25) is 0 Å². The number of amides is 1. The highest BCUT2D eigenvalue weighted by molar-refractivity contribution is 7.18. The Balaban J connectivity index is 2.02. The number of carbonyl (C=O) groups excluding carboxylic acids is 1. The fraction of sp³-hybridized carbons (Fsp3) is 0.733. The van der Waals surface area contributed by atoms with Crippen LogP contribution in [-0.4, -0.2) is 23.0 Å². The van der Waals surface area contributed by atoms with Crippen molar-refractivity contribution >= 4 is 28.2 Å². The molecule has 0 bridgehead atoms. The molecule has 4 N–H and O–H groups in total. The number of hydrogen-bond acceptors (Lipinski definition) is 5. The summed E-state index contributed by atoms with van der Waals surface area (Å²) in [6.45, 7) is 8.51. The molecule has 0 aliphatic heterocycles. The fourth-order valence-corrected chi connectivity index (χ4v) is 4.00. The summed E-state index contributed by atoms with van der Waals surface area (Å²) in [5.74, 6) is 1.47. The number of nitrogens with two attached hydrogens (primary N) is 1. The van der Waals surface area contributed by atoms with Gasteiger partial charge in [0.15, 0.2) is 5.13 Å². The molecule has 1 aromatic rings. The lowest BCUT2D eigenvalue weighted by atomic mass is 9.93. The Bertz CT molecular complexity index is 500. The summed E-state index contributed by atoms with van der Waals surface area (Å²) in [6, 6.07) is 0.525. The highest BCUT2D eigenvalue weighted by Gasteiger charge is 2.33. The van der Waals surface area contributed by atoms with Crippen molar-refractivity contribution in [1.29, 1.82) is 0 Å². The normalized spacial score (nSPS) is 25.3. The zero-order valence-electron chi connectivity index (χ0n) is 13.3. The van der Waals surface area contributed by atoms with Crippen LogP contribution in [0, 0.1) is 11.8 Å². The van der Waals surface area contributed by atoms with E-state index in [2.05, 4.69) is 29.5 Å². The Hall–Kier alpha value is -1.30. The van der Waals surface area contributed by atoms with Gasteiger partial charge in [-0.25, -0.2) is 4.98 Å². The topological polar surface area (TPSA) is 80.0 Å². The third-order valence-corrected chi connectivity index (χ3v) is 5.34. The lowest BCUT2D eigenvalue weighted by molar-refractivity contribution is 0.0931. The molecule has 0 saturated heterocycles. The van der Waals surface area contributed by atoms with Gasteiger partial charge >= 0.3 is 0 Å². The molecule has 1 fully saturated rings. The molecular weight excluding hydrogens is 284 g/mol. The van der Waals surface area contributed by atoms with Gasteiger partial charge < -0.3 is 16.4 Å². The Morgan fingerprint density at radius 1 is 1.48 bits per heavy atom. The number of carbonyl (C=O) groups is 1. The average Bonchev–Trinajstić information content (AvgIpc) is 2.93. The largest absolute Gasteiger partial charge is 0.382 e. The van der Waals surface area contributed by atoms with E-state index in [1.165, 1.54) is 24.2 Å². The van der Waals surface area contributed by atoms with Gasteiger partial charge in [0.05, 0.1) is 0 Å². The molecular formula is C15H26N4OS. The Labute approximate surface area is 130 Å². The molecule has 6 heteroatoms. The van der Waals surface area contributed by atoms with Crippen molar-refractivity contribution in [2.75, 3.05) is 11.1 Å². The number of thiazole rings is 1. The monoisotopic (exact) mass is 310 g/mol. The smallest absolute Gasteiger partial charge is 0.265 e. The van der Waals surface area contributed by atoms with E-state index in [9.17, 15) is 4.79 Å². The van der Waals surface area contributed by atoms with Crippen molar-refractivity contribution in [2.24, 2.45) is 11.8 Å². The van der Waals surface area contributed by atoms with E-state index in [1.54, 1.807) is 0 Å². The van der Waals surface area contributed by atoms with Gasteiger partial charge in [0.25, 0.3) is 5.91 Å². The number of rotatable bonds is 5. The van der Waals surface area contributed by atoms with Crippen molar-refractivity contribution in [1.82, 2.24) is 10.3 Å². The van der Waals surface area contributed by atoms with Crippen molar-refractivity contribution in [2.45, 2.75) is 59.0 Å². The van der Waals surface area contributed by atoms with Gasteiger partial charge in [0, 0.05) is 12.1 Å². The van der Waals surface area contributed by atoms with E-state index < -0.39 is 0 Å². The second-order valence-corrected chi connectivity index (χ2v) is 7.22. The first-order valence-corrected chi connectivity index (χ1v) is 8.57. The molecule has 2 rings (SSSR count). The fourth-order valence-electron chi connectivity index (χ4n) is 3.06. The van der Waals surface area contributed by atoms with Crippen LogP contribution in [0.5, 0.6) is 0 Å². The summed E-state index contributed by atoms with van der Waals surface area (Å²) in [6.07, 6.45) is 3.43. The highest BCUT2D eigenvalue weighted by atomic mass is 32.1. The van der Waals surface area contributed by atoms with Gasteiger partial charge in [-0.2, -0.15) is 0 Å². The molecule has 1 aliphatic carbocycles. The van der Waals surface area contributed by atoms with Crippen LogP contribution in [0.3, 0.4) is 0 Å². The lowest BCUT2D eigenvalue weighted by Gasteiger charge is -2.20. The third-order valence-electron chi connectivity index (χ3n) is 4.34. The predicted molar refractivity (Wildman–Crippen MR) is 88.7 cm³/mol. The Kier molecular flexibility index (Phi) is 5.08. The predicted octanol–water partition coefficient (Wildman–Crippen LogP) is 3.10. The van der Waals surface area contributed by atoms with Gasteiger partial charge in [-0.15, -0.1) is 0 Å². The molecule has 0 radical (unpaired) electrons. The van der Waals surface area contributed by atoms with Crippen LogP contribution in [0.15, 0.2) is 0 Å². The molecule has 5 nitrogen and oxygen atoms in total. The second kappa shape index (κ2) is 6.64. The van der Waals surface area contributed by atoms with Crippen molar-refractivity contribution in [3.05, 3.63) is 4.88 Å². The molecule has 1 aromatic heterocycles. The van der Waals surface area contributed by atoms with Crippen LogP contribution in [0.25, 0.3) is 0 Å². The summed E-state index contributed by atoms with van der Waals surface area (Å²) < 4.78 is 0. The van der Waals surface area contributed by atoms with Crippen molar-refractivity contribution in [3.8, 4) is 0 Å². The molecule has 21 heavy (non-hydrogen) atoms. The van der Waals surface area contributed by atoms with Crippen LogP contribution < -0.4 is 16.4 Å². The quantitative estimate of drug-likeness (QED) is 0.780. The first-order chi connectivity index (χ1) is 9.92. The van der Waals surface area contributed by atoms with Crippen LogP contribution in [0.4, 0.5) is 10.9 Å². The molecule has 3 unspecified atom stereocenters. The lowest BCUT2D eigenvalue weighted by Crippen LogP contribution is -2.37. The first-order valence-electron chi connectivity index (χ1n) is 7.76. The zero-order valence-corrected chi connectivity index (χ0v) is 14.1. The molecule has 1 heterocycles. The zero-order chi connectivity index (χ0) is 15.6. The minimum absolute atomic E-state index is 0.0876. The molecule has 1 amide bonds. The van der Waals surface area contributed by atoms with Crippen LogP contribution in [0.1, 0.15) is 56.6 Å². The van der Waals surface area contributed by atoms with Crippen molar-refractivity contribution < 1.29 is 4.79 Å². The van der Waals surface area contributed by atoms with Crippen LogP contribution in [-0.2, 0) is 0 Å². The molecule has 0 aromatic carbocycles. The second-order valence-electron chi connectivity index (χ2n) is 6.22. The average molecular weight is 310 g/mol. The molecule has 118 valence electrons. The summed E-state index contributed by atoms with van der Waals surface area (Å²) in [5, 5.41) is 7.03. The number of nitrogens with zero attached hydrogens (tertiary/aromatic N) is 1. The van der Waals surface area contributed by atoms with Crippen LogP contribution >= 0.6 is 11.3 Å². The number of anilines is 2. The van der Waals surface area contributed by atoms with E-state index >= 15 is 0 Å². The number of nitrogen functional groups attached to an aromatic ring is 1. The summed E-state index contributed by atoms with van der Waals surface area (Å²) in [5.41, 5.74) is 5.88. The Morgan fingerprint density at radius 2 is 2.19 bits per heavy atom. The highest BCUT2D eigenvalue weighted by Crippen LogP contribution is 2.34. The van der Waals surface area contributed by atoms with Crippen LogP contribution in [0.2, 0.25) is 0 Å². The SMILES string of the molecule is CCC1CCC(NC(=O)c2sc(NC(C)C)nc2N)C1C. The maximum atomic E-state index is 12.4. The first kappa shape index (κ1) is 16.1. The minimum atomic E-state index is -0.0876. The van der Waals surface area contributed by atoms with E-state index in [4.69, 9.17) is 5.73 Å². The van der Waals surface area contributed by atoms with Gasteiger partial charge in [0.1, 0.15) is 10.7 Å². The van der Waals surface area contributed by atoms with Gasteiger partial charge in [-0.05, 0) is 38.5 Å². The number of nitrogens with one attached hydrogen (secondary N) is 2. The van der Waals surface area contributed by atoms with Crippen molar-refractivity contribution in [3.63, 3.8) is 0 Å². The van der Waals surface area contributed by atoms with Gasteiger partial charge in [-0.3, -0.25) is 4.79 Å². The standard InChI is InChI=1S/C15H26N4OS/c1-5-10-6-7-11(9(10)4)18-14(20)12-13(16)19-15(21-12)17-8(2)3/h8-11H,5-7,16H2,1-4H3,(H,17,19)(H,18,20). The maximum Gasteiger partial charge on any atom is 0.265 e. The molecule has 0 spiro atoms. The third kappa shape index (κ3) is 3.67.